The zero-order valence-corrected chi connectivity index (χ0v) is 17.9. The molecule has 6 heteroatoms. The maximum Gasteiger partial charge on any atom is 0.323 e. The summed E-state index contributed by atoms with van der Waals surface area (Å²) in [5, 5.41) is 12.3. The molecule has 1 atom stereocenters. The van der Waals surface area contributed by atoms with Crippen molar-refractivity contribution in [1.82, 2.24) is 5.32 Å². The third-order valence-electron chi connectivity index (χ3n) is 5.29. The lowest BCUT2D eigenvalue weighted by molar-refractivity contribution is -0.142. The van der Waals surface area contributed by atoms with Crippen LogP contribution in [0.15, 0.2) is 78.9 Å². The van der Waals surface area contributed by atoms with Crippen LogP contribution < -0.4 is 14.8 Å². The average molecular weight is 421 g/mol. The van der Waals surface area contributed by atoms with Gasteiger partial charge in [0.25, 0.3) is 0 Å². The van der Waals surface area contributed by atoms with Crippen LogP contribution in [0.1, 0.15) is 16.7 Å². The van der Waals surface area contributed by atoms with Gasteiger partial charge in [-0.3, -0.25) is 4.79 Å². The number of benzene rings is 3. The van der Waals surface area contributed by atoms with Gasteiger partial charge < -0.3 is 24.6 Å². The number of ether oxygens (including phenoxy) is 3. The summed E-state index contributed by atoms with van der Waals surface area (Å²) in [4.78, 5) is 11.6. The van der Waals surface area contributed by atoms with E-state index in [0.29, 0.717) is 0 Å². The van der Waals surface area contributed by atoms with Crippen LogP contribution in [0.25, 0.3) is 0 Å². The predicted molar refractivity (Wildman–Crippen MR) is 119 cm³/mol. The summed E-state index contributed by atoms with van der Waals surface area (Å²) in [6.45, 7) is -0.0429. The molecule has 3 rings (SSSR count). The fourth-order valence-corrected chi connectivity index (χ4v) is 3.56. The summed E-state index contributed by atoms with van der Waals surface area (Å²) in [5.41, 5.74) is 1.55. The van der Waals surface area contributed by atoms with E-state index in [1.165, 1.54) is 0 Å². The number of carboxylic acid groups (broad SMARTS) is 1. The second kappa shape index (κ2) is 10.1. The molecule has 0 saturated carbocycles. The molecule has 0 bridgehead atoms. The van der Waals surface area contributed by atoms with Gasteiger partial charge in [-0.25, -0.2) is 0 Å². The smallest absolute Gasteiger partial charge is 0.323 e. The second-order valence-corrected chi connectivity index (χ2v) is 6.99. The van der Waals surface area contributed by atoms with Gasteiger partial charge in [0.2, 0.25) is 0 Å². The Bertz CT molecular complexity index is 924. The van der Waals surface area contributed by atoms with E-state index in [1.807, 2.05) is 78.9 Å². The number of rotatable bonds is 10. The van der Waals surface area contributed by atoms with E-state index in [0.717, 1.165) is 28.2 Å². The molecule has 0 spiro atoms. The number of likely N-dealkylation sites (N-methyl/N-ethyl adjacent to an activating group) is 1. The Morgan fingerprint density at radius 2 is 1.29 bits per heavy atom. The van der Waals surface area contributed by atoms with Crippen molar-refractivity contribution in [3.8, 4) is 11.5 Å². The molecule has 0 heterocycles. The lowest BCUT2D eigenvalue weighted by Gasteiger charge is -2.36. The first kappa shape index (κ1) is 22.3. The number of carbonyl (C=O) groups is 1. The van der Waals surface area contributed by atoms with E-state index in [1.54, 1.807) is 21.3 Å². The van der Waals surface area contributed by atoms with E-state index in [-0.39, 0.29) is 6.61 Å². The second-order valence-electron chi connectivity index (χ2n) is 6.99. The number of hydrogen-bond donors (Lipinski definition) is 2. The molecular formula is C25H27NO5. The molecule has 0 fully saturated rings. The molecule has 0 amide bonds. The minimum absolute atomic E-state index is 0.0429. The number of methoxy groups -OCH3 is 2. The number of nitrogens with one attached hydrogen (secondary N) is 1. The molecule has 3 aromatic carbocycles. The van der Waals surface area contributed by atoms with Crippen molar-refractivity contribution in [2.75, 3.05) is 27.9 Å². The van der Waals surface area contributed by atoms with Gasteiger partial charge in [-0.05, 0) is 48.0 Å². The topological polar surface area (TPSA) is 77.0 Å². The first-order valence-electron chi connectivity index (χ1n) is 9.93. The van der Waals surface area contributed by atoms with E-state index < -0.39 is 17.6 Å². The van der Waals surface area contributed by atoms with E-state index >= 15 is 0 Å². The van der Waals surface area contributed by atoms with Crippen LogP contribution in [0.2, 0.25) is 0 Å². The molecule has 0 radical (unpaired) electrons. The van der Waals surface area contributed by atoms with Crippen molar-refractivity contribution in [3.05, 3.63) is 95.6 Å². The highest BCUT2D eigenvalue weighted by Gasteiger charge is 2.39. The monoisotopic (exact) mass is 421 g/mol. The minimum Gasteiger partial charge on any atom is -0.497 e. The highest BCUT2D eigenvalue weighted by molar-refractivity contribution is 5.73. The molecule has 0 aliphatic carbocycles. The van der Waals surface area contributed by atoms with Crippen LogP contribution in [-0.4, -0.2) is 45.0 Å². The summed E-state index contributed by atoms with van der Waals surface area (Å²) >= 11 is 0. The molecule has 0 saturated heterocycles. The van der Waals surface area contributed by atoms with Crippen molar-refractivity contribution in [1.29, 1.82) is 0 Å². The molecule has 31 heavy (non-hydrogen) atoms. The fourth-order valence-electron chi connectivity index (χ4n) is 3.56. The Kier molecular flexibility index (Phi) is 7.28. The van der Waals surface area contributed by atoms with Gasteiger partial charge in [0.05, 0.1) is 20.8 Å². The standard InChI is InChI=1S/C25H27NO5/c1-26-23(24(27)28)17-31-25(18-7-5-4-6-8-18,19-9-13-21(29-2)14-10-19)20-11-15-22(30-3)16-12-20/h4-16,23,26H,17H2,1-3H3,(H,27,28)/t23-/m0/s1. The number of carboxylic acids is 1. The Morgan fingerprint density at radius 3 is 1.68 bits per heavy atom. The van der Waals surface area contributed by atoms with Crippen molar-refractivity contribution in [2.45, 2.75) is 11.6 Å². The largest absolute Gasteiger partial charge is 0.497 e. The van der Waals surface area contributed by atoms with Gasteiger partial charge >= 0.3 is 5.97 Å². The first-order chi connectivity index (χ1) is 15.0. The maximum absolute atomic E-state index is 11.6. The van der Waals surface area contributed by atoms with Crippen molar-refractivity contribution < 1.29 is 24.1 Å². The minimum atomic E-state index is -1.04. The maximum atomic E-state index is 11.6. The van der Waals surface area contributed by atoms with Crippen LogP contribution in [0, 0.1) is 0 Å². The Labute approximate surface area is 182 Å². The first-order valence-corrected chi connectivity index (χ1v) is 9.93. The summed E-state index contributed by atoms with van der Waals surface area (Å²) in [6.07, 6.45) is 0. The van der Waals surface area contributed by atoms with Crippen molar-refractivity contribution in [3.63, 3.8) is 0 Å². The highest BCUT2D eigenvalue weighted by atomic mass is 16.5. The molecule has 0 unspecified atom stereocenters. The lowest BCUT2D eigenvalue weighted by Crippen LogP contribution is -2.43. The average Bonchev–Trinajstić information content (AvgIpc) is 2.83. The zero-order chi connectivity index (χ0) is 22.3. The van der Waals surface area contributed by atoms with E-state index in [4.69, 9.17) is 14.2 Å². The fraction of sp³-hybridized carbons (Fsp3) is 0.240. The molecule has 3 aromatic rings. The summed E-state index contributed by atoms with van der Waals surface area (Å²) in [7, 11) is 4.83. The van der Waals surface area contributed by atoms with Crippen LogP contribution >= 0.6 is 0 Å². The van der Waals surface area contributed by atoms with Crippen LogP contribution in [0.5, 0.6) is 11.5 Å². The SMILES string of the molecule is CN[C@@H](COC(c1ccccc1)(c1ccc(OC)cc1)c1ccc(OC)cc1)C(=O)O. The van der Waals surface area contributed by atoms with Gasteiger partial charge in [-0.1, -0.05) is 54.6 Å². The van der Waals surface area contributed by atoms with Gasteiger partial charge in [0.1, 0.15) is 23.1 Å². The Balaban J connectivity index is 2.21. The normalized spacial score (nSPS) is 12.2. The molecular weight excluding hydrogens is 394 g/mol. The quantitative estimate of drug-likeness (QED) is 0.486. The van der Waals surface area contributed by atoms with E-state index in [9.17, 15) is 9.90 Å². The van der Waals surface area contributed by atoms with Crippen molar-refractivity contribution in [2.24, 2.45) is 0 Å². The zero-order valence-electron chi connectivity index (χ0n) is 17.9. The third kappa shape index (κ3) is 4.71. The van der Waals surface area contributed by atoms with Crippen molar-refractivity contribution >= 4 is 5.97 Å². The highest BCUT2D eigenvalue weighted by Crippen LogP contribution is 2.41. The number of aliphatic carboxylic acids is 1. The van der Waals surface area contributed by atoms with Gasteiger partial charge in [0, 0.05) is 0 Å². The Morgan fingerprint density at radius 1 is 0.839 bits per heavy atom. The molecule has 162 valence electrons. The van der Waals surface area contributed by atoms with Crippen LogP contribution in [-0.2, 0) is 15.1 Å². The Hall–Kier alpha value is -3.35. The van der Waals surface area contributed by atoms with Gasteiger partial charge in [-0.2, -0.15) is 0 Å². The molecule has 0 aliphatic heterocycles. The lowest BCUT2D eigenvalue weighted by atomic mass is 9.80. The van der Waals surface area contributed by atoms with E-state index in [2.05, 4.69) is 5.32 Å². The molecule has 6 nitrogen and oxygen atoms in total. The third-order valence-corrected chi connectivity index (χ3v) is 5.29. The van der Waals surface area contributed by atoms with Crippen LogP contribution in [0.3, 0.4) is 0 Å². The van der Waals surface area contributed by atoms with Gasteiger partial charge in [0.15, 0.2) is 0 Å². The van der Waals surface area contributed by atoms with Gasteiger partial charge in [-0.15, -0.1) is 0 Å². The molecule has 2 N–H and O–H groups in total. The summed E-state index contributed by atoms with van der Waals surface area (Å²) in [5.74, 6) is 0.465. The predicted octanol–water partition coefficient (Wildman–Crippen LogP) is 3.68. The molecule has 0 aliphatic rings. The van der Waals surface area contributed by atoms with Crippen LogP contribution in [0.4, 0.5) is 0 Å². The molecule has 0 aromatic heterocycles. The summed E-state index contributed by atoms with van der Waals surface area (Å²) < 4.78 is 17.2. The summed E-state index contributed by atoms with van der Waals surface area (Å²) in [6, 6.07) is 24.1. The number of hydrogen-bond acceptors (Lipinski definition) is 5.